The number of nitrogens with one attached hydrogen (secondary N) is 2. The summed E-state index contributed by atoms with van der Waals surface area (Å²) in [6.07, 6.45) is 8.21. The molecule has 29 heavy (non-hydrogen) atoms. The molecule has 152 valence electrons. The molecule has 3 aromatic heterocycles. The summed E-state index contributed by atoms with van der Waals surface area (Å²) in [6, 6.07) is 5.50. The molecule has 0 unspecified atom stereocenters. The maximum absolute atomic E-state index is 9.24. The minimum atomic E-state index is -1.12. The zero-order valence-corrected chi connectivity index (χ0v) is 18.3. The molecule has 8 heteroatoms. The molecule has 1 aliphatic heterocycles. The molecule has 4 heterocycles. The summed E-state index contributed by atoms with van der Waals surface area (Å²) in [5, 5.41) is 18.2. The Bertz CT molecular complexity index is 1040. The van der Waals surface area contributed by atoms with Crippen LogP contribution in [0.3, 0.4) is 0 Å². The number of pyridine rings is 1. The fourth-order valence-corrected chi connectivity index (χ4v) is 4.46. The van der Waals surface area contributed by atoms with Crippen molar-refractivity contribution in [3.8, 4) is 17.2 Å². The first-order chi connectivity index (χ1) is 13.9. The molecule has 0 amide bonds. The molecule has 0 spiro atoms. The van der Waals surface area contributed by atoms with Crippen LogP contribution in [0.25, 0.3) is 22.2 Å². The summed E-state index contributed by atoms with van der Waals surface area (Å²) in [4.78, 5) is 7.76. The zero-order valence-electron chi connectivity index (χ0n) is 17.3. The van der Waals surface area contributed by atoms with E-state index in [1.165, 1.54) is 0 Å². The highest BCUT2D eigenvalue weighted by molar-refractivity contribution is 6.76. The van der Waals surface area contributed by atoms with Gasteiger partial charge >= 0.3 is 0 Å². The number of ether oxygens (including phenoxy) is 1. The zero-order chi connectivity index (χ0) is 20.5. The third-order valence-electron chi connectivity index (χ3n) is 5.59. The van der Waals surface area contributed by atoms with Crippen LogP contribution in [-0.2, 0) is 16.9 Å². The number of nitriles is 1. The molecule has 2 N–H and O–H groups in total. The van der Waals surface area contributed by atoms with Crippen molar-refractivity contribution < 1.29 is 4.74 Å². The number of H-pyrrole nitrogens is 1. The van der Waals surface area contributed by atoms with E-state index in [0.717, 1.165) is 53.5 Å². The highest BCUT2D eigenvalue weighted by Gasteiger charge is 2.39. The largest absolute Gasteiger partial charge is 0.377 e. The SMILES string of the molecule is C[Si](C)(C)CCOCc1cnc2[nH]ccc2c1-c1cnn(C2(CC#N)CNC2)c1. The molecule has 0 saturated carbocycles. The van der Waals surface area contributed by atoms with E-state index < -0.39 is 8.07 Å². The summed E-state index contributed by atoms with van der Waals surface area (Å²) in [5.74, 6) is 0. The van der Waals surface area contributed by atoms with Crippen molar-refractivity contribution in [3.05, 3.63) is 36.4 Å². The number of nitrogens with zero attached hydrogens (tertiary/aromatic N) is 4. The van der Waals surface area contributed by atoms with Crippen LogP contribution in [0.1, 0.15) is 12.0 Å². The predicted octanol–water partition coefficient (Wildman–Crippen LogP) is 3.49. The van der Waals surface area contributed by atoms with Crippen LogP contribution in [-0.4, -0.2) is 47.5 Å². The first-order valence-corrected chi connectivity index (χ1v) is 13.8. The molecule has 0 bridgehead atoms. The third kappa shape index (κ3) is 3.99. The lowest BCUT2D eigenvalue weighted by Gasteiger charge is -2.41. The maximum Gasteiger partial charge on any atom is 0.137 e. The van der Waals surface area contributed by atoms with Crippen molar-refractivity contribution >= 4 is 19.1 Å². The first-order valence-electron chi connectivity index (χ1n) is 10.1. The van der Waals surface area contributed by atoms with E-state index in [0.29, 0.717) is 13.0 Å². The van der Waals surface area contributed by atoms with Gasteiger partial charge in [0, 0.05) is 68.4 Å². The van der Waals surface area contributed by atoms with E-state index in [1.807, 2.05) is 23.3 Å². The van der Waals surface area contributed by atoms with E-state index in [4.69, 9.17) is 4.74 Å². The first kappa shape index (κ1) is 19.8. The molecule has 0 aromatic carbocycles. The van der Waals surface area contributed by atoms with E-state index in [9.17, 15) is 5.26 Å². The number of aromatic nitrogens is 4. The standard InChI is InChI=1S/C21H28N6OSi/c1-29(2,3)9-8-28-13-17-10-25-20-18(4-7-24-20)19(17)16-11-26-27(12-16)21(5-6-22)14-23-15-21/h4,7,10-12,23H,5,8-9,13-15H2,1-3H3,(H,24,25). The summed E-state index contributed by atoms with van der Waals surface area (Å²) in [7, 11) is -1.12. The molecule has 1 fully saturated rings. The van der Waals surface area contributed by atoms with E-state index in [2.05, 4.69) is 58.4 Å². The van der Waals surface area contributed by atoms with Gasteiger partial charge in [0.15, 0.2) is 0 Å². The Labute approximate surface area is 172 Å². The van der Waals surface area contributed by atoms with Gasteiger partial charge < -0.3 is 15.0 Å². The fourth-order valence-electron chi connectivity index (χ4n) is 3.70. The van der Waals surface area contributed by atoms with E-state index in [1.54, 1.807) is 0 Å². The minimum Gasteiger partial charge on any atom is -0.377 e. The molecule has 1 aliphatic rings. The predicted molar refractivity (Wildman–Crippen MR) is 116 cm³/mol. The van der Waals surface area contributed by atoms with Gasteiger partial charge in [0.05, 0.1) is 25.3 Å². The van der Waals surface area contributed by atoms with Gasteiger partial charge in [0.1, 0.15) is 11.2 Å². The number of rotatable bonds is 8. The van der Waals surface area contributed by atoms with E-state index in [-0.39, 0.29) is 5.54 Å². The molecule has 0 radical (unpaired) electrons. The van der Waals surface area contributed by atoms with Crippen LogP contribution in [0.15, 0.2) is 30.9 Å². The molecule has 3 aromatic rings. The van der Waals surface area contributed by atoms with Gasteiger partial charge in [0.2, 0.25) is 0 Å². The van der Waals surface area contributed by atoms with Crippen LogP contribution in [0.5, 0.6) is 0 Å². The highest BCUT2D eigenvalue weighted by Crippen LogP contribution is 2.33. The second kappa shape index (κ2) is 7.75. The minimum absolute atomic E-state index is 0.245. The van der Waals surface area contributed by atoms with Gasteiger partial charge in [0.25, 0.3) is 0 Å². The topological polar surface area (TPSA) is 91.5 Å². The van der Waals surface area contributed by atoms with Crippen molar-refractivity contribution in [3.63, 3.8) is 0 Å². The van der Waals surface area contributed by atoms with Gasteiger partial charge in [-0.3, -0.25) is 4.68 Å². The average molecular weight is 409 g/mol. The second-order valence-corrected chi connectivity index (χ2v) is 14.7. The lowest BCUT2D eigenvalue weighted by atomic mass is 9.89. The van der Waals surface area contributed by atoms with Crippen LogP contribution in [0, 0.1) is 11.3 Å². The van der Waals surface area contributed by atoms with Crippen LogP contribution in [0.2, 0.25) is 25.7 Å². The summed E-state index contributed by atoms with van der Waals surface area (Å²) < 4.78 is 7.99. The Morgan fingerprint density at radius 3 is 2.83 bits per heavy atom. The monoisotopic (exact) mass is 408 g/mol. The smallest absolute Gasteiger partial charge is 0.137 e. The van der Waals surface area contributed by atoms with Crippen molar-refractivity contribution in [2.24, 2.45) is 0 Å². The summed E-state index contributed by atoms with van der Waals surface area (Å²) in [5.41, 5.74) is 3.81. The quantitative estimate of drug-likeness (QED) is 0.440. The lowest BCUT2D eigenvalue weighted by molar-refractivity contribution is 0.133. The Kier molecular flexibility index (Phi) is 5.30. The van der Waals surface area contributed by atoms with Crippen LogP contribution >= 0.6 is 0 Å². The molecule has 7 nitrogen and oxygen atoms in total. The Morgan fingerprint density at radius 1 is 1.31 bits per heavy atom. The normalized spacial score (nSPS) is 15.9. The maximum atomic E-state index is 9.24. The lowest BCUT2D eigenvalue weighted by Crippen LogP contribution is -2.60. The summed E-state index contributed by atoms with van der Waals surface area (Å²) in [6.45, 7) is 9.91. The number of hydrogen-bond donors (Lipinski definition) is 2. The van der Waals surface area contributed by atoms with E-state index >= 15 is 0 Å². The molecule has 0 atom stereocenters. The average Bonchev–Trinajstić information content (AvgIpc) is 3.30. The van der Waals surface area contributed by atoms with Gasteiger partial charge in [-0.2, -0.15) is 10.4 Å². The van der Waals surface area contributed by atoms with Crippen molar-refractivity contribution in [1.29, 1.82) is 5.26 Å². The summed E-state index contributed by atoms with van der Waals surface area (Å²) >= 11 is 0. The van der Waals surface area contributed by atoms with Crippen LogP contribution in [0.4, 0.5) is 0 Å². The molecule has 4 rings (SSSR count). The van der Waals surface area contributed by atoms with Crippen molar-refractivity contribution in [2.45, 2.75) is 44.3 Å². The van der Waals surface area contributed by atoms with Gasteiger partial charge in [-0.15, -0.1) is 0 Å². The van der Waals surface area contributed by atoms with Gasteiger partial charge in [-0.25, -0.2) is 4.98 Å². The second-order valence-electron chi connectivity index (χ2n) is 9.10. The number of fused-ring (bicyclic) bond motifs is 1. The molecule has 1 saturated heterocycles. The Morgan fingerprint density at radius 2 is 2.14 bits per heavy atom. The Hall–Kier alpha value is -2.47. The molecular formula is C21H28N6OSi. The van der Waals surface area contributed by atoms with Crippen molar-refractivity contribution in [2.75, 3.05) is 19.7 Å². The third-order valence-corrected chi connectivity index (χ3v) is 7.30. The van der Waals surface area contributed by atoms with Gasteiger partial charge in [-0.1, -0.05) is 19.6 Å². The van der Waals surface area contributed by atoms with Gasteiger partial charge in [-0.05, 0) is 12.1 Å². The molecule has 0 aliphatic carbocycles. The fraction of sp³-hybridized carbons (Fsp3) is 0.476. The van der Waals surface area contributed by atoms with Crippen molar-refractivity contribution in [1.82, 2.24) is 25.1 Å². The number of aromatic amines is 1. The molecular weight excluding hydrogens is 380 g/mol. The number of hydrogen-bond acceptors (Lipinski definition) is 5. The van der Waals surface area contributed by atoms with Crippen LogP contribution < -0.4 is 5.32 Å². The highest BCUT2D eigenvalue weighted by atomic mass is 28.3. The Balaban J connectivity index is 1.64.